The van der Waals surface area contributed by atoms with E-state index in [1.54, 1.807) is 0 Å². The molecule has 0 fully saturated rings. The highest BCUT2D eigenvalue weighted by atomic mass is 79.9. The Labute approximate surface area is 117 Å². The average Bonchev–Trinajstić information content (AvgIpc) is 2.34. The molecule has 2 nitrogen and oxygen atoms in total. The number of fused-ring (bicyclic) bond motifs is 1. The number of nitrogens with one attached hydrogen (secondary N) is 1. The van der Waals surface area contributed by atoms with Crippen molar-refractivity contribution in [3.05, 3.63) is 33.3 Å². The van der Waals surface area contributed by atoms with Gasteiger partial charge in [0, 0.05) is 16.9 Å². The standard InChI is InChI=1S/C15H19BrN2/c1-8(2)11-7-12-10(4)14(16)9(3)6-13(12)18-15(11)17-5/h6-8H,1-5H3,(H,17,18). The van der Waals surface area contributed by atoms with Crippen LogP contribution in [0.5, 0.6) is 0 Å². The van der Waals surface area contributed by atoms with Gasteiger partial charge >= 0.3 is 0 Å². The van der Waals surface area contributed by atoms with Gasteiger partial charge in [0.25, 0.3) is 0 Å². The van der Waals surface area contributed by atoms with Crippen LogP contribution >= 0.6 is 15.9 Å². The molecule has 0 aliphatic heterocycles. The van der Waals surface area contributed by atoms with Crippen molar-refractivity contribution in [3.63, 3.8) is 0 Å². The van der Waals surface area contributed by atoms with E-state index >= 15 is 0 Å². The first-order valence-electron chi connectivity index (χ1n) is 6.23. The Balaban J connectivity index is 2.84. The van der Waals surface area contributed by atoms with Gasteiger partial charge in [0.05, 0.1) is 5.52 Å². The molecular formula is C15H19BrN2. The van der Waals surface area contributed by atoms with E-state index in [0.29, 0.717) is 5.92 Å². The molecule has 0 saturated carbocycles. The number of aromatic nitrogens is 1. The molecule has 0 spiro atoms. The molecule has 0 unspecified atom stereocenters. The zero-order valence-electron chi connectivity index (χ0n) is 11.6. The van der Waals surface area contributed by atoms with Crippen LogP contribution < -0.4 is 5.32 Å². The zero-order chi connectivity index (χ0) is 13.4. The van der Waals surface area contributed by atoms with Crippen LogP contribution in [0.1, 0.15) is 36.5 Å². The molecule has 1 aromatic heterocycles. The Bertz CT molecular complexity index is 603. The summed E-state index contributed by atoms with van der Waals surface area (Å²) in [7, 11) is 1.93. The van der Waals surface area contributed by atoms with Gasteiger partial charge in [-0.05, 0) is 48.6 Å². The summed E-state index contributed by atoms with van der Waals surface area (Å²) in [5, 5.41) is 4.43. The molecule has 0 radical (unpaired) electrons. The summed E-state index contributed by atoms with van der Waals surface area (Å²) in [5.74, 6) is 1.45. The minimum atomic E-state index is 0.462. The van der Waals surface area contributed by atoms with Gasteiger partial charge in [-0.15, -0.1) is 0 Å². The normalized spacial score (nSPS) is 11.3. The lowest BCUT2D eigenvalue weighted by Gasteiger charge is -2.15. The number of nitrogens with zero attached hydrogens (tertiary/aromatic N) is 1. The Morgan fingerprint density at radius 2 is 1.89 bits per heavy atom. The summed E-state index contributed by atoms with van der Waals surface area (Å²) in [5.41, 5.74) is 4.82. The van der Waals surface area contributed by atoms with Gasteiger partial charge in [-0.2, -0.15) is 0 Å². The monoisotopic (exact) mass is 306 g/mol. The first kappa shape index (κ1) is 13.3. The van der Waals surface area contributed by atoms with Gasteiger partial charge in [0.15, 0.2) is 0 Å². The SMILES string of the molecule is CNc1nc2cc(C)c(Br)c(C)c2cc1C(C)C. The van der Waals surface area contributed by atoms with E-state index in [1.807, 2.05) is 7.05 Å². The van der Waals surface area contributed by atoms with Crippen molar-refractivity contribution in [1.82, 2.24) is 4.98 Å². The van der Waals surface area contributed by atoms with E-state index in [4.69, 9.17) is 4.98 Å². The third kappa shape index (κ3) is 2.12. The van der Waals surface area contributed by atoms with Crippen molar-refractivity contribution in [2.75, 3.05) is 12.4 Å². The third-order valence-electron chi connectivity index (χ3n) is 3.37. The third-order valence-corrected chi connectivity index (χ3v) is 4.59. The first-order chi connectivity index (χ1) is 8.45. The molecular weight excluding hydrogens is 288 g/mol. The van der Waals surface area contributed by atoms with E-state index in [9.17, 15) is 0 Å². The summed E-state index contributed by atoms with van der Waals surface area (Å²) >= 11 is 3.65. The van der Waals surface area contributed by atoms with Gasteiger partial charge in [-0.25, -0.2) is 4.98 Å². The highest BCUT2D eigenvalue weighted by Gasteiger charge is 2.12. The van der Waals surface area contributed by atoms with E-state index in [0.717, 1.165) is 11.3 Å². The predicted octanol–water partition coefficient (Wildman–Crippen LogP) is 4.78. The maximum Gasteiger partial charge on any atom is 0.129 e. The second kappa shape index (κ2) is 4.88. The fourth-order valence-electron chi connectivity index (χ4n) is 2.28. The van der Waals surface area contributed by atoms with E-state index in [-0.39, 0.29) is 0 Å². The second-order valence-corrected chi connectivity index (χ2v) is 5.82. The maximum absolute atomic E-state index is 4.75. The minimum absolute atomic E-state index is 0.462. The summed E-state index contributed by atoms with van der Waals surface area (Å²) < 4.78 is 1.18. The summed E-state index contributed by atoms with van der Waals surface area (Å²) in [6.07, 6.45) is 0. The van der Waals surface area contributed by atoms with Crippen molar-refractivity contribution >= 4 is 32.7 Å². The van der Waals surface area contributed by atoms with E-state index < -0.39 is 0 Å². The minimum Gasteiger partial charge on any atom is -0.373 e. The smallest absolute Gasteiger partial charge is 0.129 e. The number of anilines is 1. The van der Waals surface area contributed by atoms with Crippen molar-refractivity contribution in [3.8, 4) is 0 Å². The van der Waals surface area contributed by atoms with Crippen LogP contribution in [0, 0.1) is 13.8 Å². The molecule has 1 aromatic carbocycles. The predicted molar refractivity (Wildman–Crippen MR) is 82.6 cm³/mol. The van der Waals surface area contributed by atoms with Crippen LogP contribution in [0.4, 0.5) is 5.82 Å². The molecule has 2 rings (SSSR count). The zero-order valence-corrected chi connectivity index (χ0v) is 13.1. The van der Waals surface area contributed by atoms with Crippen molar-refractivity contribution in [1.29, 1.82) is 0 Å². The molecule has 2 aromatic rings. The number of pyridine rings is 1. The van der Waals surface area contributed by atoms with Crippen LogP contribution in [0.15, 0.2) is 16.6 Å². The lowest BCUT2D eigenvalue weighted by molar-refractivity contribution is 0.864. The van der Waals surface area contributed by atoms with Gasteiger partial charge in [-0.1, -0.05) is 29.8 Å². The van der Waals surface area contributed by atoms with Crippen LogP contribution in [0.2, 0.25) is 0 Å². The molecule has 18 heavy (non-hydrogen) atoms. The van der Waals surface area contributed by atoms with Crippen LogP contribution in [0.3, 0.4) is 0 Å². The van der Waals surface area contributed by atoms with Crippen molar-refractivity contribution in [2.45, 2.75) is 33.6 Å². The van der Waals surface area contributed by atoms with Gasteiger partial charge < -0.3 is 5.32 Å². The second-order valence-electron chi connectivity index (χ2n) is 5.03. The van der Waals surface area contributed by atoms with Crippen LogP contribution in [-0.4, -0.2) is 12.0 Å². The molecule has 0 atom stereocenters. The molecule has 0 aliphatic rings. The summed E-state index contributed by atoms with van der Waals surface area (Å²) in [6.45, 7) is 8.64. The molecule has 0 bridgehead atoms. The number of hydrogen-bond donors (Lipinski definition) is 1. The molecule has 0 aliphatic carbocycles. The highest BCUT2D eigenvalue weighted by molar-refractivity contribution is 9.10. The lowest BCUT2D eigenvalue weighted by Crippen LogP contribution is -2.02. The number of aryl methyl sites for hydroxylation is 2. The first-order valence-corrected chi connectivity index (χ1v) is 7.03. The van der Waals surface area contributed by atoms with E-state index in [1.165, 1.54) is 26.5 Å². The number of hydrogen-bond acceptors (Lipinski definition) is 2. The number of benzene rings is 1. The highest BCUT2D eigenvalue weighted by Crippen LogP contribution is 2.33. The summed E-state index contributed by atoms with van der Waals surface area (Å²) in [6, 6.07) is 4.40. The number of rotatable bonds is 2. The quantitative estimate of drug-likeness (QED) is 0.863. The Morgan fingerprint density at radius 1 is 1.22 bits per heavy atom. The largest absolute Gasteiger partial charge is 0.373 e. The van der Waals surface area contributed by atoms with Gasteiger partial charge in [-0.3, -0.25) is 0 Å². The van der Waals surface area contributed by atoms with Crippen molar-refractivity contribution < 1.29 is 0 Å². The molecule has 1 heterocycles. The summed E-state index contributed by atoms with van der Waals surface area (Å²) in [4.78, 5) is 4.75. The Morgan fingerprint density at radius 3 is 2.44 bits per heavy atom. The number of halogens is 1. The fraction of sp³-hybridized carbons (Fsp3) is 0.400. The topological polar surface area (TPSA) is 24.9 Å². The molecule has 96 valence electrons. The van der Waals surface area contributed by atoms with Crippen molar-refractivity contribution in [2.24, 2.45) is 0 Å². The average molecular weight is 307 g/mol. The van der Waals surface area contributed by atoms with E-state index in [2.05, 4.69) is 61.1 Å². The molecule has 1 N–H and O–H groups in total. The Kier molecular flexibility index (Phi) is 3.62. The van der Waals surface area contributed by atoms with Gasteiger partial charge in [0.1, 0.15) is 5.82 Å². The molecule has 0 saturated heterocycles. The van der Waals surface area contributed by atoms with Crippen LogP contribution in [-0.2, 0) is 0 Å². The fourth-order valence-corrected chi connectivity index (χ4v) is 2.60. The molecule has 3 heteroatoms. The Hall–Kier alpha value is -1.09. The maximum atomic E-state index is 4.75. The molecule has 0 amide bonds. The lowest BCUT2D eigenvalue weighted by atomic mass is 9.98. The van der Waals surface area contributed by atoms with Gasteiger partial charge in [0.2, 0.25) is 0 Å². The van der Waals surface area contributed by atoms with Crippen LogP contribution in [0.25, 0.3) is 10.9 Å².